The molecule has 2 N–H and O–H groups in total. The molecule has 2 atom stereocenters. The zero-order valence-corrected chi connectivity index (χ0v) is 11.0. The SMILES string of the molecule is Cc1cccc(C(N)C2CCCCS2)c1C. The molecule has 1 aliphatic rings. The average molecular weight is 235 g/mol. The first-order valence-corrected chi connectivity index (χ1v) is 7.18. The van der Waals surface area contributed by atoms with Crippen molar-refractivity contribution < 1.29 is 0 Å². The molecule has 1 fully saturated rings. The summed E-state index contributed by atoms with van der Waals surface area (Å²) in [4.78, 5) is 0. The van der Waals surface area contributed by atoms with Crippen LogP contribution >= 0.6 is 11.8 Å². The summed E-state index contributed by atoms with van der Waals surface area (Å²) in [7, 11) is 0. The van der Waals surface area contributed by atoms with Crippen molar-refractivity contribution in [2.24, 2.45) is 5.73 Å². The average Bonchev–Trinajstić information content (AvgIpc) is 2.33. The Hall–Kier alpha value is -0.470. The van der Waals surface area contributed by atoms with Gasteiger partial charge in [-0.05, 0) is 49.1 Å². The number of hydrogen-bond acceptors (Lipinski definition) is 2. The van der Waals surface area contributed by atoms with E-state index in [1.165, 1.54) is 41.7 Å². The maximum Gasteiger partial charge on any atom is 0.0418 e. The van der Waals surface area contributed by atoms with Crippen LogP contribution in [0, 0.1) is 13.8 Å². The molecule has 1 saturated heterocycles. The lowest BCUT2D eigenvalue weighted by Gasteiger charge is -2.28. The van der Waals surface area contributed by atoms with Gasteiger partial charge >= 0.3 is 0 Å². The fourth-order valence-corrected chi connectivity index (χ4v) is 3.74. The van der Waals surface area contributed by atoms with Crippen LogP contribution in [0.15, 0.2) is 18.2 Å². The van der Waals surface area contributed by atoms with Gasteiger partial charge in [0, 0.05) is 11.3 Å². The van der Waals surface area contributed by atoms with Crippen molar-refractivity contribution in [1.82, 2.24) is 0 Å². The number of benzene rings is 1. The van der Waals surface area contributed by atoms with Crippen molar-refractivity contribution in [3.8, 4) is 0 Å². The molecule has 1 aromatic rings. The minimum atomic E-state index is 0.213. The monoisotopic (exact) mass is 235 g/mol. The molecule has 0 radical (unpaired) electrons. The maximum absolute atomic E-state index is 6.42. The first-order valence-electron chi connectivity index (χ1n) is 6.13. The quantitative estimate of drug-likeness (QED) is 0.847. The molecule has 2 unspecified atom stereocenters. The normalized spacial score (nSPS) is 23.1. The van der Waals surface area contributed by atoms with Crippen molar-refractivity contribution in [3.63, 3.8) is 0 Å². The van der Waals surface area contributed by atoms with Crippen LogP contribution in [-0.4, -0.2) is 11.0 Å². The standard InChI is InChI=1S/C14H21NS/c1-10-6-5-7-12(11(10)2)14(15)13-8-3-4-9-16-13/h5-7,13-14H,3-4,8-9,15H2,1-2H3. The number of thioether (sulfide) groups is 1. The minimum absolute atomic E-state index is 0.213. The smallest absolute Gasteiger partial charge is 0.0418 e. The Morgan fingerprint density at radius 2 is 2.12 bits per heavy atom. The van der Waals surface area contributed by atoms with Crippen LogP contribution in [0.2, 0.25) is 0 Å². The van der Waals surface area contributed by atoms with Crippen LogP contribution in [0.1, 0.15) is 42.0 Å². The van der Waals surface area contributed by atoms with Gasteiger partial charge in [0.2, 0.25) is 0 Å². The summed E-state index contributed by atoms with van der Waals surface area (Å²) in [5.74, 6) is 1.28. The molecule has 2 rings (SSSR count). The van der Waals surface area contributed by atoms with Gasteiger partial charge in [-0.15, -0.1) is 0 Å². The van der Waals surface area contributed by atoms with Crippen molar-refractivity contribution in [3.05, 3.63) is 34.9 Å². The highest BCUT2D eigenvalue weighted by atomic mass is 32.2. The third kappa shape index (κ3) is 2.44. The van der Waals surface area contributed by atoms with Gasteiger partial charge < -0.3 is 5.73 Å². The highest BCUT2D eigenvalue weighted by Gasteiger charge is 2.23. The van der Waals surface area contributed by atoms with Gasteiger partial charge in [-0.3, -0.25) is 0 Å². The molecular weight excluding hydrogens is 214 g/mol. The van der Waals surface area contributed by atoms with E-state index in [1.807, 2.05) is 0 Å². The van der Waals surface area contributed by atoms with Crippen LogP contribution in [0.5, 0.6) is 0 Å². The fourth-order valence-electron chi connectivity index (χ4n) is 2.38. The van der Waals surface area contributed by atoms with E-state index >= 15 is 0 Å². The summed E-state index contributed by atoms with van der Waals surface area (Å²) < 4.78 is 0. The lowest BCUT2D eigenvalue weighted by Crippen LogP contribution is -2.27. The summed E-state index contributed by atoms with van der Waals surface area (Å²) in [5.41, 5.74) is 10.5. The van der Waals surface area contributed by atoms with E-state index in [0.29, 0.717) is 5.25 Å². The predicted octanol–water partition coefficient (Wildman–Crippen LogP) is 3.59. The predicted molar refractivity (Wildman–Crippen MR) is 72.9 cm³/mol. The molecule has 0 aliphatic carbocycles. The fraction of sp³-hybridized carbons (Fsp3) is 0.571. The van der Waals surface area contributed by atoms with E-state index in [4.69, 9.17) is 5.73 Å². The van der Waals surface area contributed by atoms with E-state index in [-0.39, 0.29) is 6.04 Å². The Morgan fingerprint density at radius 3 is 2.81 bits per heavy atom. The van der Waals surface area contributed by atoms with Crippen LogP contribution in [0.3, 0.4) is 0 Å². The molecule has 1 nitrogen and oxygen atoms in total. The topological polar surface area (TPSA) is 26.0 Å². The molecule has 1 aliphatic heterocycles. The van der Waals surface area contributed by atoms with Gasteiger partial charge in [0.15, 0.2) is 0 Å². The molecule has 1 aromatic carbocycles. The van der Waals surface area contributed by atoms with Crippen molar-refractivity contribution in [2.75, 3.05) is 5.75 Å². The molecular formula is C14H21NS. The summed E-state index contributed by atoms with van der Waals surface area (Å²) >= 11 is 2.06. The van der Waals surface area contributed by atoms with E-state index in [0.717, 1.165) is 0 Å². The third-order valence-electron chi connectivity index (χ3n) is 3.62. The zero-order valence-electron chi connectivity index (χ0n) is 10.2. The van der Waals surface area contributed by atoms with Gasteiger partial charge in [0.05, 0.1) is 0 Å². The van der Waals surface area contributed by atoms with Crippen molar-refractivity contribution >= 4 is 11.8 Å². The highest BCUT2D eigenvalue weighted by Crippen LogP contribution is 2.34. The number of hydrogen-bond donors (Lipinski definition) is 1. The zero-order chi connectivity index (χ0) is 11.5. The first-order chi connectivity index (χ1) is 7.70. The van der Waals surface area contributed by atoms with Crippen molar-refractivity contribution in [1.29, 1.82) is 0 Å². The van der Waals surface area contributed by atoms with Gasteiger partial charge in [-0.2, -0.15) is 11.8 Å². The Kier molecular flexibility index (Phi) is 3.93. The molecule has 0 saturated carbocycles. The largest absolute Gasteiger partial charge is 0.323 e. The summed E-state index contributed by atoms with van der Waals surface area (Å²) in [6.45, 7) is 4.36. The van der Waals surface area contributed by atoms with E-state index in [2.05, 4.69) is 43.8 Å². The molecule has 0 aromatic heterocycles. The second-order valence-corrected chi connectivity index (χ2v) is 6.07. The Labute approximate surface area is 103 Å². The molecule has 16 heavy (non-hydrogen) atoms. The van der Waals surface area contributed by atoms with Crippen LogP contribution in [0.4, 0.5) is 0 Å². The van der Waals surface area contributed by atoms with Gasteiger partial charge in [-0.25, -0.2) is 0 Å². The Morgan fingerprint density at radius 1 is 1.31 bits per heavy atom. The number of rotatable bonds is 2. The summed E-state index contributed by atoms with van der Waals surface area (Å²) in [5, 5.41) is 0.620. The third-order valence-corrected chi connectivity index (χ3v) is 5.10. The minimum Gasteiger partial charge on any atom is -0.323 e. The number of aryl methyl sites for hydroxylation is 1. The van der Waals surface area contributed by atoms with Gasteiger partial charge in [-0.1, -0.05) is 24.6 Å². The lowest BCUT2D eigenvalue weighted by atomic mass is 9.94. The Bertz CT molecular complexity index is 356. The molecule has 2 heteroatoms. The van der Waals surface area contributed by atoms with Crippen molar-refractivity contribution in [2.45, 2.75) is 44.4 Å². The van der Waals surface area contributed by atoms with E-state index in [9.17, 15) is 0 Å². The van der Waals surface area contributed by atoms with E-state index < -0.39 is 0 Å². The summed E-state index contributed by atoms with van der Waals surface area (Å²) in [6.07, 6.45) is 3.98. The molecule has 0 spiro atoms. The Balaban J connectivity index is 2.19. The first kappa shape index (κ1) is 12.0. The molecule has 1 heterocycles. The molecule has 0 bridgehead atoms. The van der Waals surface area contributed by atoms with Crippen LogP contribution < -0.4 is 5.73 Å². The van der Waals surface area contributed by atoms with E-state index in [1.54, 1.807) is 0 Å². The van der Waals surface area contributed by atoms with Crippen LogP contribution in [0.25, 0.3) is 0 Å². The molecule has 88 valence electrons. The highest BCUT2D eigenvalue weighted by molar-refractivity contribution is 8.00. The second-order valence-electron chi connectivity index (χ2n) is 4.72. The van der Waals surface area contributed by atoms with Gasteiger partial charge in [0.1, 0.15) is 0 Å². The lowest BCUT2D eigenvalue weighted by molar-refractivity contribution is 0.580. The summed E-state index contributed by atoms with van der Waals surface area (Å²) in [6, 6.07) is 6.71. The maximum atomic E-state index is 6.42. The molecule has 0 amide bonds. The van der Waals surface area contributed by atoms with Crippen LogP contribution in [-0.2, 0) is 0 Å². The van der Waals surface area contributed by atoms with Gasteiger partial charge in [0.25, 0.3) is 0 Å². The second kappa shape index (κ2) is 5.24. The number of nitrogens with two attached hydrogens (primary N) is 1.